The molecule has 0 heteroatoms. The highest BCUT2D eigenvalue weighted by molar-refractivity contribution is 5.09. The average molecular weight is 180 g/mol. The minimum absolute atomic E-state index is 0.617. The summed E-state index contributed by atoms with van der Waals surface area (Å²) in [6.07, 6.45) is 12.1. The van der Waals surface area contributed by atoms with Crippen molar-refractivity contribution in [2.24, 2.45) is 5.92 Å². The molecule has 0 aromatic rings. The molecule has 0 fully saturated rings. The van der Waals surface area contributed by atoms with E-state index in [9.17, 15) is 0 Å². The van der Waals surface area contributed by atoms with Crippen molar-refractivity contribution in [1.82, 2.24) is 0 Å². The molecule has 13 heavy (non-hydrogen) atoms. The summed E-state index contributed by atoms with van der Waals surface area (Å²) in [6, 6.07) is 0. The van der Waals surface area contributed by atoms with Crippen LogP contribution in [0, 0.1) is 5.92 Å². The zero-order chi connectivity index (χ0) is 10.1. The van der Waals surface area contributed by atoms with E-state index >= 15 is 0 Å². The van der Waals surface area contributed by atoms with Crippen LogP contribution in [0.15, 0.2) is 23.8 Å². The van der Waals surface area contributed by atoms with Gasteiger partial charge in [0.1, 0.15) is 0 Å². The van der Waals surface area contributed by atoms with Crippen LogP contribution in [-0.4, -0.2) is 0 Å². The molecule has 0 N–H and O–H groups in total. The summed E-state index contributed by atoms with van der Waals surface area (Å²) in [7, 11) is 0. The molecule has 0 rings (SSSR count). The van der Waals surface area contributed by atoms with Crippen molar-refractivity contribution in [3.8, 4) is 0 Å². The molecule has 0 saturated heterocycles. The highest BCUT2D eigenvalue weighted by atomic mass is 14.0. The molecule has 0 aromatic heterocycles. The average Bonchev–Trinajstić information content (AvgIpc) is 2.12. The monoisotopic (exact) mass is 180 g/mol. The van der Waals surface area contributed by atoms with E-state index in [1.165, 1.54) is 31.3 Å². The van der Waals surface area contributed by atoms with Crippen molar-refractivity contribution in [2.75, 3.05) is 0 Å². The van der Waals surface area contributed by atoms with E-state index in [1.54, 1.807) is 0 Å². The van der Waals surface area contributed by atoms with Gasteiger partial charge in [-0.2, -0.15) is 0 Å². The number of hydrogen-bond acceptors (Lipinski definition) is 0. The smallest absolute Gasteiger partial charge is 0.00545 e. The Kier molecular flexibility index (Phi) is 7.77. The predicted octanol–water partition coefficient (Wildman–Crippen LogP) is 4.73. The molecule has 0 bridgehead atoms. The van der Waals surface area contributed by atoms with E-state index in [1.807, 2.05) is 0 Å². The van der Waals surface area contributed by atoms with Gasteiger partial charge in [0.25, 0.3) is 0 Å². The first-order chi connectivity index (χ1) is 6.22. The molecule has 1 atom stereocenters. The molecule has 1 unspecified atom stereocenters. The fourth-order valence-electron chi connectivity index (χ4n) is 1.35. The first-order valence-electron chi connectivity index (χ1n) is 5.51. The van der Waals surface area contributed by atoms with Crippen molar-refractivity contribution >= 4 is 0 Å². The molecular weight excluding hydrogens is 156 g/mol. The highest BCUT2D eigenvalue weighted by Crippen LogP contribution is 2.13. The molecule has 0 saturated carbocycles. The van der Waals surface area contributed by atoms with Crippen LogP contribution in [0.1, 0.15) is 53.4 Å². The fourth-order valence-corrected chi connectivity index (χ4v) is 1.35. The van der Waals surface area contributed by atoms with Gasteiger partial charge in [0, 0.05) is 0 Å². The molecule has 0 heterocycles. The molecule has 76 valence electrons. The normalized spacial score (nSPS) is 15.2. The zero-order valence-electron chi connectivity index (χ0n) is 9.64. The second-order valence-electron chi connectivity index (χ2n) is 3.76. The quantitative estimate of drug-likeness (QED) is 0.409. The summed E-state index contributed by atoms with van der Waals surface area (Å²) >= 11 is 0. The minimum atomic E-state index is 0.617. The van der Waals surface area contributed by atoms with Gasteiger partial charge < -0.3 is 0 Å². The third-order valence-electron chi connectivity index (χ3n) is 2.47. The SMILES string of the molecule is CC=CC(C)C(C)=CCCCCC. The zero-order valence-corrected chi connectivity index (χ0v) is 9.64. The van der Waals surface area contributed by atoms with Gasteiger partial charge in [-0.3, -0.25) is 0 Å². The highest BCUT2D eigenvalue weighted by Gasteiger charge is 1.97. The van der Waals surface area contributed by atoms with Crippen LogP contribution in [0.5, 0.6) is 0 Å². The Balaban J connectivity index is 3.73. The Morgan fingerprint density at radius 2 is 2.00 bits per heavy atom. The van der Waals surface area contributed by atoms with E-state index < -0.39 is 0 Å². The summed E-state index contributed by atoms with van der Waals surface area (Å²) < 4.78 is 0. The second kappa shape index (κ2) is 8.10. The van der Waals surface area contributed by atoms with Crippen LogP contribution in [0.4, 0.5) is 0 Å². The Labute approximate surface area is 83.7 Å². The minimum Gasteiger partial charge on any atom is -0.0911 e. The van der Waals surface area contributed by atoms with Crippen LogP contribution in [-0.2, 0) is 0 Å². The van der Waals surface area contributed by atoms with Crippen LogP contribution >= 0.6 is 0 Å². The molecular formula is C13H24. The molecule has 0 radical (unpaired) electrons. The van der Waals surface area contributed by atoms with Gasteiger partial charge in [0.2, 0.25) is 0 Å². The van der Waals surface area contributed by atoms with Crippen LogP contribution < -0.4 is 0 Å². The van der Waals surface area contributed by atoms with Crippen LogP contribution in [0.3, 0.4) is 0 Å². The molecule has 0 spiro atoms. The van der Waals surface area contributed by atoms with Gasteiger partial charge in [-0.1, -0.05) is 50.5 Å². The molecule has 0 nitrogen and oxygen atoms in total. The second-order valence-corrected chi connectivity index (χ2v) is 3.76. The molecule has 0 aliphatic carbocycles. The van der Waals surface area contributed by atoms with E-state index in [-0.39, 0.29) is 0 Å². The third kappa shape index (κ3) is 6.62. The Morgan fingerprint density at radius 1 is 1.31 bits per heavy atom. The van der Waals surface area contributed by atoms with Gasteiger partial charge in [0.15, 0.2) is 0 Å². The van der Waals surface area contributed by atoms with E-state index in [4.69, 9.17) is 0 Å². The summed E-state index contributed by atoms with van der Waals surface area (Å²) in [6.45, 7) is 8.82. The summed E-state index contributed by atoms with van der Waals surface area (Å²) in [4.78, 5) is 0. The summed E-state index contributed by atoms with van der Waals surface area (Å²) in [5, 5.41) is 0. The first kappa shape index (κ1) is 12.5. The maximum absolute atomic E-state index is 2.39. The molecule has 0 aliphatic heterocycles. The molecule has 0 amide bonds. The number of rotatable bonds is 6. The van der Waals surface area contributed by atoms with Gasteiger partial charge in [-0.05, 0) is 32.6 Å². The maximum atomic E-state index is 2.39. The number of unbranched alkanes of at least 4 members (excludes halogenated alkanes) is 3. The molecule has 0 aliphatic rings. The van der Waals surface area contributed by atoms with Crippen molar-refractivity contribution in [2.45, 2.75) is 53.4 Å². The summed E-state index contributed by atoms with van der Waals surface area (Å²) in [5.74, 6) is 0.617. The number of hydrogen-bond donors (Lipinski definition) is 0. The van der Waals surface area contributed by atoms with Crippen molar-refractivity contribution in [3.05, 3.63) is 23.8 Å². The van der Waals surface area contributed by atoms with E-state index in [2.05, 4.69) is 45.9 Å². The van der Waals surface area contributed by atoms with Gasteiger partial charge >= 0.3 is 0 Å². The van der Waals surface area contributed by atoms with Gasteiger partial charge in [-0.25, -0.2) is 0 Å². The standard InChI is InChI=1S/C13H24/c1-5-7-8-9-11-13(4)12(3)10-6-2/h6,10-12H,5,7-9H2,1-4H3. The lowest BCUT2D eigenvalue weighted by Gasteiger charge is -2.06. The molecule has 0 aromatic carbocycles. The van der Waals surface area contributed by atoms with Gasteiger partial charge in [-0.15, -0.1) is 0 Å². The Hall–Kier alpha value is -0.520. The first-order valence-corrected chi connectivity index (χ1v) is 5.51. The van der Waals surface area contributed by atoms with E-state index in [0.29, 0.717) is 5.92 Å². The lowest BCUT2D eigenvalue weighted by Crippen LogP contribution is -1.90. The predicted molar refractivity (Wildman–Crippen MR) is 61.9 cm³/mol. The van der Waals surface area contributed by atoms with Gasteiger partial charge in [0.05, 0.1) is 0 Å². The van der Waals surface area contributed by atoms with Crippen molar-refractivity contribution in [1.29, 1.82) is 0 Å². The van der Waals surface area contributed by atoms with Crippen LogP contribution in [0.2, 0.25) is 0 Å². The fraction of sp³-hybridized carbons (Fsp3) is 0.692. The Bertz CT molecular complexity index is 163. The topological polar surface area (TPSA) is 0 Å². The van der Waals surface area contributed by atoms with Crippen LogP contribution in [0.25, 0.3) is 0 Å². The summed E-state index contributed by atoms with van der Waals surface area (Å²) in [5.41, 5.74) is 1.51. The third-order valence-corrected chi connectivity index (χ3v) is 2.47. The lowest BCUT2D eigenvalue weighted by atomic mass is 10.0. The lowest BCUT2D eigenvalue weighted by molar-refractivity contribution is 0.721. The Morgan fingerprint density at radius 3 is 2.54 bits per heavy atom. The number of allylic oxidation sites excluding steroid dienone is 4. The van der Waals surface area contributed by atoms with E-state index in [0.717, 1.165) is 0 Å². The maximum Gasteiger partial charge on any atom is -0.00545 e. The van der Waals surface area contributed by atoms with Crippen molar-refractivity contribution in [3.63, 3.8) is 0 Å². The largest absolute Gasteiger partial charge is 0.0911 e. The van der Waals surface area contributed by atoms with Crippen molar-refractivity contribution < 1.29 is 0 Å².